The molecule has 4 fully saturated rings. The van der Waals surface area contributed by atoms with Gasteiger partial charge in [-0.05, 0) is 104 Å². The van der Waals surface area contributed by atoms with Crippen molar-refractivity contribution in [2.24, 2.45) is 29.1 Å². The number of fused-ring (bicyclic) bond motifs is 1. The Bertz CT molecular complexity index is 703. The van der Waals surface area contributed by atoms with E-state index in [2.05, 4.69) is 32.6 Å². The molecular weight excluding hydrogens is 372 g/mol. The van der Waals surface area contributed by atoms with Gasteiger partial charge in [0.25, 0.3) is 0 Å². The summed E-state index contributed by atoms with van der Waals surface area (Å²) < 4.78 is 0. The highest BCUT2D eigenvalue weighted by Gasteiger charge is 2.50. The van der Waals surface area contributed by atoms with E-state index in [9.17, 15) is 15.3 Å². The fourth-order valence-electron chi connectivity index (χ4n) is 7.03. The van der Waals surface area contributed by atoms with Crippen molar-refractivity contribution >= 4 is 0 Å². The van der Waals surface area contributed by atoms with E-state index in [0.29, 0.717) is 36.0 Å². The van der Waals surface area contributed by atoms with Crippen LogP contribution in [0.3, 0.4) is 0 Å². The molecule has 0 bridgehead atoms. The molecule has 4 aliphatic carbocycles. The molecule has 4 saturated carbocycles. The van der Waals surface area contributed by atoms with Crippen molar-refractivity contribution in [3.8, 4) is 0 Å². The van der Waals surface area contributed by atoms with Crippen LogP contribution in [0.1, 0.15) is 84.5 Å². The fourth-order valence-corrected chi connectivity index (χ4v) is 7.03. The minimum absolute atomic E-state index is 0.0693. The van der Waals surface area contributed by atoms with Gasteiger partial charge >= 0.3 is 0 Å². The summed E-state index contributed by atoms with van der Waals surface area (Å²) >= 11 is 0. The molecule has 0 aromatic heterocycles. The van der Waals surface area contributed by atoms with Gasteiger partial charge in [-0.3, -0.25) is 0 Å². The highest BCUT2D eigenvalue weighted by molar-refractivity contribution is 5.38. The van der Waals surface area contributed by atoms with Crippen molar-refractivity contribution in [2.75, 3.05) is 0 Å². The molecule has 0 heterocycles. The summed E-state index contributed by atoms with van der Waals surface area (Å²) in [6.07, 6.45) is 15.2. The Morgan fingerprint density at radius 1 is 1.13 bits per heavy atom. The van der Waals surface area contributed by atoms with E-state index in [0.717, 1.165) is 29.9 Å². The number of aliphatic hydroxyl groups excluding tert-OH is 3. The first-order valence-corrected chi connectivity index (χ1v) is 12.4. The Kier molecular flexibility index (Phi) is 6.63. The van der Waals surface area contributed by atoms with Crippen LogP contribution in [0.4, 0.5) is 0 Å². The summed E-state index contributed by atoms with van der Waals surface area (Å²) in [7, 11) is 0. The molecule has 0 aromatic carbocycles. The molecule has 0 unspecified atom stereocenters. The molecule has 0 aliphatic heterocycles. The van der Waals surface area contributed by atoms with E-state index >= 15 is 0 Å². The first-order valence-electron chi connectivity index (χ1n) is 12.4. The Morgan fingerprint density at radius 3 is 2.63 bits per heavy atom. The van der Waals surface area contributed by atoms with Crippen molar-refractivity contribution in [3.05, 3.63) is 35.5 Å². The van der Waals surface area contributed by atoms with Gasteiger partial charge in [0.2, 0.25) is 0 Å². The second kappa shape index (κ2) is 8.92. The summed E-state index contributed by atoms with van der Waals surface area (Å²) in [4.78, 5) is 0. The van der Waals surface area contributed by atoms with Crippen LogP contribution in [0.2, 0.25) is 0 Å². The lowest BCUT2D eigenvalue weighted by Gasteiger charge is -2.44. The van der Waals surface area contributed by atoms with Crippen molar-refractivity contribution in [3.63, 3.8) is 0 Å². The fraction of sp³-hybridized carbons (Fsp3) is 0.778. The molecule has 3 N–H and O–H groups in total. The van der Waals surface area contributed by atoms with Crippen LogP contribution in [0, 0.1) is 29.1 Å². The molecule has 0 spiro atoms. The molecular formula is C27H42O3. The smallest absolute Gasteiger partial charge is 0.0811 e. The maximum atomic E-state index is 10.3. The molecule has 0 saturated heterocycles. The lowest BCUT2D eigenvalue weighted by molar-refractivity contribution is 0.0784. The maximum absolute atomic E-state index is 10.3. The SMILES string of the molecule is C=C1/C(=C\C=C2/CCC[C@@]3(C)[C@@H]2CC[C@@H]3[C@H](C)CC[C@@H](O)C2CC2)C[C@@H](O)C[C@@H]1O. The molecule has 4 aliphatic rings. The van der Waals surface area contributed by atoms with E-state index in [1.54, 1.807) is 5.57 Å². The quantitative estimate of drug-likeness (QED) is 0.552. The zero-order valence-corrected chi connectivity index (χ0v) is 19.0. The first kappa shape index (κ1) is 22.3. The third-order valence-corrected chi connectivity index (χ3v) is 9.07. The minimum Gasteiger partial charge on any atom is -0.393 e. The number of hydrogen-bond acceptors (Lipinski definition) is 3. The van der Waals surface area contributed by atoms with Crippen molar-refractivity contribution < 1.29 is 15.3 Å². The van der Waals surface area contributed by atoms with Gasteiger partial charge in [0.1, 0.15) is 0 Å². The third kappa shape index (κ3) is 4.49. The Hall–Kier alpha value is -0.900. The predicted molar refractivity (Wildman–Crippen MR) is 122 cm³/mol. The third-order valence-electron chi connectivity index (χ3n) is 9.07. The van der Waals surface area contributed by atoms with Crippen LogP contribution in [0.25, 0.3) is 0 Å². The van der Waals surface area contributed by atoms with E-state index < -0.39 is 12.2 Å². The second-order valence-corrected chi connectivity index (χ2v) is 11.1. The minimum atomic E-state index is -0.613. The van der Waals surface area contributed by atoms with Gasteiger partial charge in [-0.1, -0.05) is 38.2 Å². The lowest BCUT2D eigenvalue weighted by atomic mass is 9.60. The van der Waals surface area contributed by atoms with Gasteiger partial charge in [-0.25, -0.2) is 0 Å². The summed E-state index contributed by atoms with van der Waals surface area (Å²) in [5.74, 6) is 2.66. The highest BCUT2D eigenvalue weighted by Crippen LogP contribution is 2.60. The summed E-state index contributed by atoms with van der Waals surface area (Å²) in [6, 6.07) is 0. The standard InChI is InChI=1S/C27H42O3/c1-17(6-13-25(29)20-8-9-20)23-11-12-24-19(5-4-14-27(23,24)3)7-10-21-15-22(28)16-26(30)18(21)2/h7,10,17,20,22-26,28-30H,2,4-6,8-9,11-16H2,1,3H3/b19-7+,21-10-/t17-,22-,23-,24-,25-,26+,27-/m1/s1. The molecule has 3 nitrogen and oxygen atoms in total. The molecule has 0 aromatic rings. The highest BCUT2D eigenvalue weighted by atomic mass is 16.3. The van der Waals surface area contributed by atoms with Crippen LogP contribution >= 0.6 is 0 Å². The first-order chi connectivity index (χ1) is 14.3. The molecule has 3 heteroatoms. The van der Waals surface area contributed by atoms with Gasteiger partial charge in [0.15, 0.2) is 0 Å². The average molecular weight is 415 g/mol. The van der Waals surface area contributed by atoms with Gasteiger partial charge < -0.3 is 15.3 Å². The van der Waals surface area contributed by atoms with Gasteiger partial charge in [0.05, 0.1) is 18.3 Å². The van der Waals surface area contributed by atoms with Gasteiger partial charge in [-0.15, -0.1) is 0 Å². The van der Waals surface area contributed by atoms with E-state index in [1.165, 1.54) is 44.9 Å². The van der Waals surface area contributed by atoms with Crippen molar-refractivity contribution in [1.82, 2.24) is 0 Å². The number of rotatable bonds is 6. The zero-order valence-electron chi connectivity index (χ0n) is 19.0. The van der Waals surface area contributed by atoms with Crippen LogP contribution in [-0.4, -0.2) is 33.6 Å². The molecule has 7 atom stereocenters. The summed E-state index contributed by atoms with van der Waals surface area (Å²) in [5, 5.41) is 30.5. The summed E-state index contributed by atoms with van der Waals surface area (Å²) in [6.45, 7) is 9.01. The number of allylic oxidation sites excluding steroid dienone is 3. The van der Waals surface area contributed by atoms with Crippen LogP contribution in [0.5, 0.6) is 0 Å². The Balaban J connectivity index is 1.44. The zero-order chi connectivity index (χ0) is 21.5. The molecule has 30 heavy (non-hydrogen) atoms. The molecule has 4 rings (SSSR count). The van der Waals surface area contributed by atoms with Crippen LogP contribution < -0.4 is 0 Å². The van der Waals surface area contributed by atoms with E-state index in [-0.39, 0.29) is 6.10 Å². The van der Waals surface area contributed by atoms with E-state index in [1.807, 2.05) is 0 Å². The van der Waals surface area contributed by atoms with Crippen LogP contribution in [0.15, 0.2) is 35.5 Å². The average Bonchev–Trinajstić information content (AvgIpc) is 3.49. The largest absolute Gasteiger partial charge is 0.393 e. The van der Waals surface area contributed by atoms with Crippen molar-refractivity contribution in [2.45, 2.75) is 103 Å². The lowest BCUT2D eigenvalue weighted by Crippen LogP contribution is -2.36. The second-order valence-electron chi connectivity index (χ2n) is 11.1. The summed E-state index contributed by atoms with van der Waals surface area (Å²) in [5.41, 5.74) is 3.72. The molecule has 0 radical (unpaired) electrons. The van der Waals surface area contributed by atoms with E-state index in [4.69, 9.17) is 0 Å². The van der Waals surface area contributed by atoms with Gasteiger partial charge in [-0.2, -0.15) is 0 Å². The predicted octanol–water partition coefficient (Wildman–Crippen LogP) is 5.31. The maximum Gasteiger partial charge on any atom is 0.0811 e. The Morgan fingerprint density at radius 2 is 1.90 bits per heavy atom. The molecule has 168 valence electrons. The Labute approximate surface area is 183 Å². The number of aliphatic hydroxyl groups is 3. The topological polar surface area (TPSA) is 60.7 Å². The number of hydrogen-bond donors (Lipinski definition) is 3. The normalized spacial score (nSPS) is 41.8. The van der Waals surface area contributed by atoms with Crippen molar-refractivity contribution in [1.29, 1.82) is 0 Å². The monoisotopic (exact) mass is 414 g/mol. The van der Waals surface area contributed by atoms with Crippen LogP contribution in [-0.2, 0) is 0 Å². The molecule has 0 amide bonds. The van der Waals surface area contributed by atoms with Gasteiger partial charge in [0, 0.05) is 6.42 Å².